The average Bonchev–Trinajstić information content (AvgIpc) is 3.09. The molecule has 11 nitrogen and oxygen atoms in total. The lowest BCUT2D eigenvalue weighted by Crippen LogP contribution is -2.37. The van der Waals surface area contributed by atoms with Crippen molar-refractivity contribution in [1.82, 2.24) is 15.0 Å². The number of phenolic OH excluding ortho intramolecular Hbond substituents is 1. The number of anilines is 2. The third-order valence-corrected chi connectivity index (χ3v) is 8.73. The van der Waals surface area contributed by atoms with Gasteiger partial charge in [0.1, 0.15) is 23.0 Å². The van der Waals surface area contributed by atoms with E-state index in [2.05, 4.69) is 20.3 Å². The zero-order valence-electron chi connectivity index (χ0n) is 27.1. The first kappa shape index (κ1) is 35.3. The smallest absolute Gasteiger partial charge is 0.338 e. The molecule has 4 N–H and O–H groups in total. The number of halogens is 2. The molecule has 2 atom stereocenters. The van der Waals surface area contributed by atoms with Crippen LogP contribution in [0, 0.1) is 18.8 Å². The molecule has 13 heteroatoms. The van der Waals surface area contributed by atoms with Crippen molar-refractivity contribution in [2.45, 2.75) is 64.1 Å². The molecule has 5 rings (SSSR count). The van der Waals surface area contributed by atoms with Crippen LogP contribution in [0.1, 0.15) is 61.4 Å². The number of pyridine rings is 3. The number of aryl methyl sites for hydroxylation is 1. The van der Waals surface area contributed by atoms with E-state index in [0.29, 0.717) is 54.0 Å². The molecule has 3 heterocycles. The summed E-state index contributed by atoms with van der Waals surface area (Å²) in [6.45, 7) is 2.97. The Labute approximate surface area is 282 Å². The van der Waals surface area contributed by atoms with Gasteiger partial charge in [-0.2, -0.15) is 0 Å². The van der Waals surface area contributed by atoms with Gasteiger partial charge in [0.05, 0.1) is 17.3 Å². The first-order chi connectivity index (χ1) is 23.4. The number of hydrogen-bond donors (Lipinski definition) is 4. The second-order valence-electron chi connectivity index (χ2n) is 12.4. The number of ether oxygens (including phenoxy) is 2. The van der Waals surface area contributed by atoms with Gasteiger partial charge in [-0.25, -0.2) is 23.5 Å². The SMILES string of the molecule is Cc1cc(Nc2cc(C(F)F)ccn2)nc(-c2ccc([C@](C)(O)[C@H]3CC[C@H](C(=O)OCOC(=O)[C@@H](O)Cc4ccc(O)cc4)CC3)nc2)c1. The topological polar surface area (TPSA) is 164 Å². The molecule has 0 aliphatic heterocycles. The number of nitrogens with one attached hydrogen (secondary N) is 1. The Balaban J connectivity index is 1.12. The number of nitrogens with zero attached hydrogens (tertiary/aromatic N) is 3. The molecule has 1 aliphatic rings. The highest BCUT2D eigenvalue weighted by atomic mass is 19.3. The maximum atomic E-state index is 13.1. The standard InChI is InChI=1S/C36H38F2N4O7/c1-21-15-28(41-32(16-21)42-31-18-24(33(37)38)13-14-39-31)25-7-12-30(40-19-25)36(2,47)26-8-5-23(6-9-26)34(45)48-20-49-35(46)29(44)17-22-3-10-27(43)11-4-22/h3-4,7,10-16,18-19,23,26,29,33,43-44,47H,5-6,8-9,17,20H2,1-2H3,(H,39,41,42)/t23-,26-,29-,36+/m0/s1. The summed E-state index contributed by atoms with van der Waals surface area (Å²) in [5, 5.41) is 33.9. The number of aliphatic hydroxyl groups is 2. The first-order valence-electron chi connectivity index (χ1n) is 15.9. The van der Waals surface area contributed by atoms with Gasteiger partial charge in [0.15, 0.2) is 6.10 Å². The largest absolute Gasteiger partial charge is 0.508 e. The van der Waals surface area contributed by atoms with Crippen LogP contribution >= 0.6 is 0 Å². The van der Waals surface area contributed by atoms with Crippen LogP contribution in [-0.4, -0.2) is 55.1 Å². The molecule has 258 valence electrons. The van der Waals surface area contributed by atoms with E-state index in [4.69, 9.17) is 9.47 Å². The van der Waals surface area contributed by atoms with Crippen LogP contribution in [-0.2, 0) is 31.1 Å². The maximum absolute atomic E-state index is 13.1. The Bertz CT molecular complexity index is 1750. The van der Waals surface area contributed by atoms with Gasteiger partial charge in [0.25, 0.3) is 6.43 Å². The number of aromatic nitrogens is 3. The summed E-state index contributed by atoms with van der Waals surface area (Å²) >= 11 is 0. The van der Waals surface area contributed by atoms with E-state index >= 15 is 0 Å². The van der Waals surface area contributed by atoms with Crippen molar-refractivity contribution >= 4 is 23.6 Å². The monoisotopic (exact) mass is 676 g/mol. The second kappa shape index (κ2) is 15.5. The van der Waals surface area contributed by atoms with Gasteiger partial charge in [-0.3, -0.25) is 9.78 Å². The molecule has 0 unspecified atom stereocenters. The lowest BCUT2D eigenvalue weighted by atomic mass is 9.73. The molecule has 0 saturated heterocycles. The highest BCUT2D eigenvalue weighted by molar-refractivity contribution is 5.75. The number of benzene rings is 1. The molecule has 0 radical (unpaired) electrons. The molecule has 0 bridgehead atoms. The van der Waals surface area contributed by atoms with Crippen molar-refractivity contribution in [3.05, 3.63) is 95.4 Å². The molecule has 1 fully saturated rings. The minimum atomic E-state index is -2.62. The van der Waals surface area contributed by atoms with Gasteiger partial charge in [0.2, 0.25) is 6.79 Å². The Morgan fingerprint density at radius 1 is 0.980 bits per heavy atom. The lowest BCUT2D eigenvalue weighted by molar-refractivity contribution is -0.176. The first-order valence-corrected chi connectivity index (χ1v) is 15.9. The summed E-state index contributed by atoms with van der Waals surface area (Å²) in [6.07, 6.45) is 0.854. The van der Waals surface area contributed by atoms with Crippen molar-refractivity contribution < 1.29 is 43.2 Å². The summed E-state index contributed by atoms with van der Waals surface area (Å²) in [4.78, 5) is 38.0. The van der Waals surface area contributed by atoms with Crippen molar-refractivity contribution in [2.24, 2.45) is 11.8 Å². The molecule has 0 amide bonds. The number of carbonyl (C=O) groups excluding carboxylic acids is 2. The number of hydrogen-bond acceptors (Lipinski definition) is 11. The number of aromatic hydroxyl groups is 1. The van der Waals surface area contributed by atoms with Gasteiger partial charge in [-0.1, -0.05) is 12.1 Å². The molecular weight excluding hydrogens is 638 g/mol. The number of rotatable bonds is 12. The highest BCUT2D eigenvalue weighted by Gasteiger charge is 2.39. The van der Waals surface area contributed by atoms with Crippen LogP contribution < -0.4 is 5.32 Å². The van der Waals surface area contributed by atoms with E-state index in [1.807, 2.05) is 19.1 Å². The van der Waals surface area contributed by atoms with Gasteiger partial charge in [0, 0.05) is 29.9 Å². The van der Waals surface area contributed by atoms with E-state index in [-0.39, 0.29) is 29.5 Å². The number of aliphatic hydroxyl groups excluding tert-OH is 1. The van der Waals surface area contributed by atoms with Crippen LogP contribution in [0.25, 0.3) is 11.3 Å². The van der Waals surface area contributed by atoms with E-state index in [1.54, 1.807) is 37.4 Å². The predicted molar refractivity (Wildman–Crippen MR) is 175 cm³/mol. The zero-order chi connectivity index (χ0) is 35.1. The molecule has 0 spiro atoms. The van der Waals surface area contributed by atoms with Crippen molar-refractivity contribution in [3.8, 4) is 17.0 Å². The number of phenols is 1. The van der Waals surface area contributed by atoms with E-state index < -0.39 is 42.8 Å². The molecule has 49 heavy (non-hydrogen) atoms. The molecule has 1 saturated carbocycles. The van der Waals surface area contributed by atoms with Crippen LogP contribution in [0.5, 0.6) is 5.75 Å². The quantitative estimate of drug-likeness (QED) is 0.104. The lowest BCUT2D eigenvalue weighted by Gasteiger charge is -2.37. The summed E-state index contributed by atoms with van der Waals surface area (Å²) in [5.74, 6) is -1.30. The molecule has 1 aliphatic carbocycles. The predicted octanol–water partition coefficient (Wildman–Crippen LogP) is 5.90. The Morgan fingerprint density at radius 2 is 1.71 bits per heavy atom. The van der Waals surface area contributed by atoms with Crippen LogP contribution in [0.2, 0.25) is 0 Å². The third kappa shape index (κ3) is 9.12. The van der Waals surface area contributed by atoms with Crippen molar-refractivity contribution in [2.75, 3.05) is 12.1 Å². The fourth-order valence-electron chi connectivity index (χ4n) is 5.90. The van der Waals surface area contributed by atoms with E-state index in [1.165, 1.54) is 30.5 Å². The summed E-state index contributed by atoms with van der Waals surface area (Å²) in [5.41, 5.74) is 1.85. The molecule has 3 aromatic heterocycles. The van der Waals surface area contributed by atoms with Gasteiger partial charge >= 0.3 is 11.9 Å². The van der Waals surface area contributed by atoms with Gasteiger partial charge in [-0.05, 0) is 105 Å². The zero-order valence-corrected chi connectivity index (χ0v) is 27.1. The highest BCUT2D eigenvalue weighted by Crippen LogP contribution is 2.41. The van der Waals surface area contributed by atoms with Crippen LogP contribution in [0.4, 0.5) is 20.4 Å². The Hall–Kier alpha value is -5.01. The molecule has 1 aromatic carbocycles. The Morgan fingerprint density at radius 3 is 2.39 bits per heavy atom. The van der Waals surface area contributed by atoms with Crippen molar-refractivity contribution in [1.29, 1.82) is 0 Å². The van der Waals surface area contributed by atoms with Crippen molar-refractivity contribution in [3.63, 3.8) is 0 Å². The van der Waals surface area contributed by atoms with Gasteiger partial charge < -0.3 is 30.1 Å². The van der Waals surface area contributed by atoms with E-state index in [9.17, 15) is 33.7 Å². The number of esters is 2. The van der Waals surface area contributed by atoms with Crippen LogP contribution in [0.15, 0.2) is 73.1 Å². The number of alkyl halides is 2. The second-order valence-corrected chi connectivity index (χ2v) is 12.4. The molecular formula is C36H38F2N4O7. The summed E-state index contributed by atoms with van der Waals surface area (Å²) in [6, 6.07) is 15.8. The third-order valence-electron chi connectivity index (χ3n) is 8.73. The Kier molecular flexibility index (Phi) is 11.1. The molecule has 4 aromatic rings. The fraction of sp³-hybridized carbons (Fsp3) is 0.361. The maximum Gasteiger partial charge on any atom is 0.338 e. The van der Waals surface area contributed by atoms with E-state index in [0.717, 1.165) is 5.56 Å². The normalized spacial score (nSPS) is 17.9. The number of carbonyl (C=O) groups is 2. The summed E-state index contributed by atoms with van der Waals surface area (Å²) in [7, 11) is 0. The fourth-order valence-corrected chi connectivity index (χ4v) is 5.90. The minimum Gasteiger partial charge on any atom is -0.508 e. The van der Waals surface area contributed by atoms with Gasteiger partial charge in [-0.15, -0.1) is 0 Å². The average molecular weight is 677 g/mol. The minimum absolute atomic E-state index is 0.0174. The summed E-state index contributed by atoms with van der Waals surface area (Å²) < 4.78 is 36.3. The van der Waals surface area contributed by atoms with Crippen LogP contribution in [0.3, 0.4) is 0 Å².